The maximum Gasteiger partial charge on any atom is 0.421 e. The van der Waals surface area contributed by atoms with Crippen LogP contribution in [0.5, 0.6) is 11.5 Å². The number of benzene rings is 4. The molecule has 45 heavy (non-hydrogen) atoms. The lowest BCUT2D eigenvalue weighted by molar-refractivity contribution is 0.0786. The standard InChI is InChI=1S/C38H40O6P/c1-22-17-24(3)32(25(4)18-22)36(39)34(37(40)33-26(5)19-23(2)20-27(33)6)29(28-13-10-9-11-14-28)21-45(42)38(41)35-30(43-7)15-12-16-31(35)44-8/h9-20,29,34H,21H2,1-8H3/q+1. The molecule has 0 amide bonds. The molecule has 0 aliphatic heterocycles. The molecule has 0 spiro atoms. The lowest BCUT2D eigenvalue weighted by atomic mass is 9.75. The SMILES string of the molecule is COc1cccc(OC)c1C(=O)[P+](=O)CC(c1ccccc1)C(C(=O)c1c(C)cc(C)cc1C)C(=O)c1c(C)cc(C)cc1C. The van der Waals surface area contributed by atoms with Gasteiger partial charge in [-0.2, -0.15) is 0 Å². The highest BCUT2D eigenvalue weighted by Crippen LogP contribution is 2.44. The smallest absolute Gasteiger partial charge is 0.421 e. The van der Waals surface area contributed by atoms with Gasteiger partial charge in [0.25, 0.3) is 0 Å². The summed E-state index contributed by atoms with van der Waals surface area (Å²) < 4.78 is 25.0. The van der Waals surface area contributed by atoms with Gasteiger partial charge < -0.3 is 9.47 Å². The van der Waals surface area contributed by atoms with Crippen molar-refractivity contribution in [3.05, 3.63) is 128 Å². The first-order valence-electron chi connectivity index (χ1n) is 14.9. The van der Waals surface area contributed by atoms with Gasteiger partial charge in [-0.05, 0) is 81.5 Å². The number of carbonyl (C=O) groups is 3. The second-order valence-electron chi connectivity index (χ2n) is 11.7. The molecular weight excluding hydrogens is 583 g/mol. The number of methoxy groups -OCH3 is 2. The molecule has 0 N–H and O–H groups in total. The second kappa shape index (κ2) is 14.1. The summed E-state index contributed by atoms with van der Waals surface area (Å²) in [5.74, 6) is -2.33. The predicted molar refractivity (Wildman–Crippen MR) is 179 cm³/mol. The zero-order valence-electron chi connectivity index (χ0n) is 27.2. The van der Waals surface area contributed by atoms with Crippen molar-refractivity contribution in [1.29, 1.82) is 0 Å². The van der Waals surface area contributed by atoms with Crippen LogP contribution in [0.2, 0.25) is 0 Å². The number of ether oxygens (including phenoxy) is 2. The monoisotopic (exact) mass is 623 g/mol. The summed E-state index contributed by atoms with van der Waals surface area (Å²) in [4.78, 5) is 43.4. The van der Waals surface area contributed by atoms with E-state index in [0.29, 0.717) is 16.7 Å². The quantitative estimate of drug-likeness (QED) is 0.0892. The van der Waals surface area contributed by atoms with Gasteiger partial charge in [0.2, 0.25) is 0 Å². The second-order valence-corrected chi connectivity index (χ2v) is 13.2. The summed E-state index contributed by atoms with van der Waals surface area (Å²) in [7, 11) is 0.217. The highest BCUT2D eigenvalue weighted by atomic mass is 31.1. The first kappa shape index (κ1) is 33.5. The molecule has 2 atom stereocenters. The van der Waals surface area contributed by atoms with E-state index in [1.807, 2.05) is 96.1 Å². The Bertz CT molecular complexity index is 1650. The van der Waals surface area contributed by atoms with E-state index in [2.05, 4.69) is 0 Å². The zero-order valence-corrected chi connectivity index (χ0v) is 28.1. The maximum atomic E-state index is 14.8. The van der Waals surface area contributed by atoms with Crippen LogP contribution in [0.15, 0.2) is 72.8 Å². The lowest BCUT2D eigenvalue weighted by Crippen LogP contribution is -2.34. The normalized spacial score (nSPS) is 12.1. The molecule has 0 radical (unpaired) electrons. The van der Waals surface area contributed by atoms with Gasteiger partial charge in [-0.15, -0.1) is 0 Å². The van der Waals surface area contributed by atoms with Crippen LogP contribution in [0.4, 0.5) is 0 Å². The van der Waals surface area contributed by atoms with Crippen LogP contribution < -0.4 is 9.47 Å². The van der Waals surface area contributed by atoms with Crippen molar-refractivity contribution in [2.45, 2.75) is 47.5 Å². The average Bonchev–Trinajstić information content (AvgIpc) is 2.99. The number of ketones is 2. The Morgan fingerprint density at radius 1 is 0.622 bits per heavy atom. The number of Topliss-reactive ketones (excluding diaryl/α,β-unsaturated/α-hetero) is 2. The Labute approximate surface area is 266 Å². The van der Waals surface area contributed by atoms with Gasteiger partial charge in [0, 0.05) is 17.0 Å². The minimum Gasteiger partial charge on any atom is -0.496 e. The molecule has 0 saturated heterocycles. The number of rotatable bonds is 12. The van der Waals surface area contributed by atoms with Gasteiger partial charge in [-0.3, -0.25) is 9.59 Å². The molecular formula is C38H40O6P+. The van der Waals surface area contributed by atoms with Crippen molar-refractivity contribution in [2.75, 3.05) is 20.4 Å². The molecule has 4 aromatic rings. The van der Waals surface area contributed by atoms with Crippen LogP contribution in [0.25, 0.3) is 0 Å². The van der Waals surface area contributed by atoms with Gasteiger partial charge in [-0.25, -0.2) is 4.79 Å². The Morgan fingerprint density at radius 3 is 1.44 bits per heavy atom. The number of hydrogen-bond acceptors (Lipinski definition) is 6. The third-order valence-electron chi connectivity index (χ3n) is 8.27. The highest BCUT2D eigenvalue weighted by Gasteiger charge is 2.46. The fraction of sp³-hybridized carbons (Fsp3) is 0.289. The molecule has 0 bridgehead atoms. The van der Waals surface area contributed by atoms with Crippen LogP contribution in [0.1, 0.15) is 75.9 Å². The Morgan fingerprint density at radius 2 is 1.04 bits per heavy atom. The van der Waals surface area contributed by atoms with Gasteiger partial charge in [-0.1, -0.05) is 76.4 Å². The summed E-state index contributed by atoms with van der Waals surface area (Å²) >= 11 is 0. The van der Waals surface area contributed by atoms with Crippen molar-refractivity contribution < 1.29 is 28.4 Å². The molecule has 0 aromatic heterocycles. The van der Waals surface area contributed by atoms with Crippen molar-refractivity contribution in [3.8, 4) is 11.5 Å². The van der Waals surface area contributed by atoms with Crippen molar-refractivity contribution in [1.82, 2.24) is 0 Å². The number of hydrogen-bond donors (Lipinski definition) is 0. The minimum absolute atomic E-state index is 0.0695. The van der Waals surface area contributed by atoms with Crippen LogP contribution in [0, 0.1) is 47.5 Å². The summed E-state index contributed by atoms with van der Waals surface area (Å²) in [5, 5.41) is 0. The molecule has 232 valence electrons. The van der Waals surface area contributed by atoms with Crippen molar-refractivity contribution >= 4 is 24.9 Å². The largest absolute Gasteiger partial charge is 0.496 e. The summed E-state index contributed by atoms with van der Waals surface area (Å²) in [6, 6.07) is 21.7. The average molecular weight is 624 g/mol. The molecule has 0 aliphatic rings. The van der Waals surface area contributed by atoms with Gasteiger partial charge in [0.05, 0.1) is 20.1 Å². The topological polar surface area (TPSA) is 86.7 Å². The molecule has 0 fully saturated rings. The van der Waals surface area contributed by atoms with Gasteiger partial charge >= 0.3 is 13.3 Å². The first-order valence-corrected chi connectivity index (χ1v) is 16.3. The molecule has 0 aliphatic carbocycles. The molecule has 6 nitrogen and oxygen atoms in total. The van der Waals surface area contributed by atoms with Crippen LogP contribution in [0.3, 0.4) is 0 Å². The van der Waals surface area contributed by atoms with Crippen LogP contribution in [-0.4, -0.2) is 37.5 Å². The van der Waals surface area contributed by atoms with E-state index in [1.165, 1.54) is 14.2 Å². The van der Waals surface area contributed by atoms with Gasteiger partial charge in [0.1, 0.15) is 11.5 Å². The Hall–Kier alpha value is -4.41. The van der Waals surface area contributed by atoms with Crippen LogP contribution >= 0.6 is 7.80 Å². The third-order valence-corrected chi connectivity index (χ3v) is 9.67. The summed E-state index contributed by atoms with van der Waals surface area (Å²) in [6.07, 6.45) is -0.227. The molecule has 4 rings (SSSR count). The number of aryl methyl sites for hydroxylation is 6. The van der Waals surface area contributed by atoms with E-state index >= 15 is 0 Å². The molecule has 0 heterocycles. The summed E-state index contributed by atoms with van der Waals surface area (Å²) in [6.45, 7) is 11.4. The van der Waals surface area contributed by atoms with E-state index in [9.17, 15) is 18.9 Å². The summed E-state index contributed by atoms with van der Waals surface area (Å²) in [5.41, 5.74) is 6.06. The van der Waals surface area contributed by atoms with E-state index < -0.39 is 25.2 Å². The van der Waals surface area contributed by atoms with Gasteiger partial charge in [0.15, 0.2) is 23.3 Å². The number of carbonyl (C=O) groups excluding carboxylic acids is 3. The molecule has 2 unspecified atom stereocenters. The lowest BCUT2D eigenvalue weighted by Gasteiger charge is -2.26. The molecule has 0 saturated carbocycles. The fourth-order valence-electron chi connectivity index (χ4n) is 6.48. The fourth-order valence-corrected chi connectivity index (χ4v) is 7.90. The molecule has 4 aromatic carbocycles. The molecule has 7 heteroatoms. The minimum atomic E-state index is -2.64. The van der Waals surface area contributed by atoms with E-state index in [0.717, 1.165) is 33.4 Å². The third kappa shape index (κ3) is 6.97. The maximum absolute atomic E-state index is 14.8. The van der Waals surface area contributed by atoms with Crippen molar-refractivity contribution in [2.24, 2.45) is 5.92 Å². The predicted octanol–water partition coefficient (Wildman–Crippen LogP) is 8.69. The Balaban J connectivity index is 1.93. The van der Waals surface area contributed by atoms with Crippen LogP contribution in [-0.2, 0) is 4.57 Å². The van der Waals surface area contributed by atoms with E-state index in [4.69, 9.17) is 9.47 Å². The Kier molecular flexibility index (Phi) is 10.5. The van der Waals surface area contributed by atoms with E-state index in [1.54, 1.807) is 18.2 Å². The first-order chi connectivity index (χ1) is 21.4. The zero-order chi connectivity index (χ0) is 33.0. The highest BCUT2D eigenvalue weighted by molar-refractivity contribution is 7.64. The van der Waals surface area contributed by atoms with E-state index in [-0.39, 0.29) is 34.8 Å². The van der Waals surface area contributed by atoms with Crippen molar-refractivity contribution in [3.63, 3.8) is 0 Å².